The first-order chi connectivity index (χ1) is 10.5. The topological polar surface area (TPSA) is 66.9 Å². The summed E-state index contributed by atoms with van der Waals surface area (Å²) in [6, 6.07) is 7.22. The number of rotatable bonds is 5. The Kier molecular flexibility index (Phi) is 5.12. The largest absolute Gasteiger partial charge is 0.347 e. The second kappa shape index (κ2) is 7.04. The molecule has 0 spiro atoms. The molecule has 1 amide bonds. The van der Waals surface area contributed by atoms with Gasteiger partial charge in [-0.05, 0) is 31.5 Å². The summed E-state index contributed by atoms with van der Waals surface area (Å²) in [5, 5.41) is 6.48. The predicted molar refractivity (Wildman–Crippen MR) is 88.8 cm³/mol. The van der Waals surface area contributed by atoms with Crippen molar-refractivity contribution in [2.24, 2.45) is 0 Å². The fourth-order valence-electron chi connectivity index (χ4n) is 1.82. The number of carbonyl (C=O) groups excluding carboxylic acids is 1. The number of halogens is 1. The highest BCUT2D eigenvalue weighted by Gasteiger charge is 2.10. The van der Waals surface area contributed by atoms with E-state index >= 15 is 0 Å². The molecule has 0 saturated carbocycles. The second-order valence-electron chi connectivity index (χ2n) is 4.77. The van der Waals surface area contributed by atoms with E-state index in [4.69, 9.17) is 11.6 Å². The summed E-state index contributed by atoms with van der Waals surface area (Å²) in [6.07, 6.45) is 1.61. The molecule has 0 saturated heterocycles. The Morgan fingerprint density at radius 3 is 2.77 bits per heavy atom. The van der Waals surface area contributed by atoms with Gasteiger partial charge in [0.15, 0.2) is 0 Å². The molecular formula is C16H17ClN4O. The minimum atomic E-state index is -0.268. The van der Waals surface area contributed by atoms with Crippen LogP contribution in [0.1, 0.15) is 21.9 Å². The zero-order valence-corrected chi connectivity index (χ0v) is 13.2. The van der Waals surface area contributed by atoms with Gasteiger partial charge in [0.25, 0.3) is 5.91 Å². The van der Waals surface area contributed by atoms with Crippen LogP contribution in [0.3, 0.4) is 0 Å². The number of amides is 1. The van der Waals surface area contributed by atoms with Gasteiger partial charge in [-0.2, -0.15) is 0 Å². The molecule has 0 atom stereocenters. The SMILES string of the molecule is C=CCNC(=O)c1cc(Nc2ccc(C)c(Cl)c2)nc(C)n1. The third-order valence-electron chi connectivity index (χ3n) is 2.92. The van der Waals surface area contributed by atoms with Crippen LogP contribution in [0.2, 0.25) is 5.02 Å². The van der Waals surface area contributed by atoms with Crippen LogP contribution in [0, 0.1) is 13.8 Å². The maximum Gasteiger partial charge on any atom is 0.270 e. The first kappa shape index (κ1) is 16.0. The van der Waals surface area contributed by atoms with Crippen molar-refractivity contribution >= 4 is 29.0 Å². The lowest BCUT2D eigenvalue weighted by atomic mass is 10.2. The number of aryl methyl sites for hydroxylation is 2. The predicted octanol–water partition coefficient (Wildman–Crippen LogP) is 3.41. The summed E-state index contributed by atoms with van der Waals surface area (Å²) in [6.45, 7) is 7.61. The molecule has 5 nitrogen and oxygen atoms in total. The van der Waals surface area contributed by atoms with Gasteiger partial charge in [-0.1, -0.05) is 23.7 Å². The summed E-state index contributed by atoms with van der Waals surface area (Å²) in [7, 11) is 0. The van der Waals surface area contributed by atoms with Crippen molar-refractivity contribution in [3.63, 3.8) is 0 Å². The van der Waals surface area contributed by atoms with Crippen LogP contribution in [0.4, 0.5) is 11.5 Å². The Balaban J connectivity index is 2.23. The smallest absolute Gasteiger partial charge is 0.270 e. The fourth-order valence-corrected chi connectivity index (χ4v) is 2.00. The minimum absolute atomic E-state index is 0.268. The van der Waals surface area contributed by atoms with Gasteiger partial charge in [-0.25, -0.2) is 9.97 Å². The molecule has 2 aromatic rings. The van der Waals surface area contributed by atoms with Crippen LogP contribution in [0.5, 0.6) is 0 Å². The zero-order chi connectivity index (χ0) is 16.1. The van der Waals surface area contributed by atoms with Crippen molar-refractivity contribution in [1.82, 2.24) is 15.3 Å². The van der Waals surface area contributed by atoms with Crippen LogP contribution in [0.25, 0.3) is 0 Å². The number of hydrogen-bond acceptors (Lipinski definition) is 4. The van der Waals surface area contributed by atoms with Gasteiger partial charge in [0.1, 0.15) is 17.3 Å². The molecule has 0 radical (unpaired) electrons. The highest BCUT2D eigenvalue weighted by molar-refractivity contribution is 6.31. The molecule has 6 heteroatoms. The summed E-state index contributed by atoms with van der Waals surface area (Å²) in [5.74, 6) is 0.776. The number of carbonyl (C=O) groups is 1. The van der Waals surface area contributed by atoms with Gasteiger partial charge in [0.2, 0.25) is 0 Å². The number of nitrogens with zero attached hydrogens (tertiary/aromatic N) is 2. The molecule has 0 aliphatic rings. The van der Waals surface area contributed by atoms with Crippen LogP contribution >= 0.6 is 11.6 Å². The third kappa shape index (κ3) is 4.05. The molecule has 0 aliphatic carbocycles. The van der Waals surface area contributed by atoms with Gasteiger partial charge in [-0.15, -0.1) is 6.58 Å². The van der Waals surface area contributed by atoms with Crippen LogP contribution in [-0.2, 0) is 0 Å². The van der Waals surface area contributed by atoms with Gasteiger partial charge < -0.3 is 10.6 Å². The first-order valence-corrected chi connectivity index (χ1v) is 7.15. The maximum absolute atomic E-state index is 12.0. The maximum atomic E-state index is 12.0. The molecule has 114 valence electrons. The van der Waals surface area contributed by atoms with Crippen molar-refractivity contribution in [3.8, 4) is 0 Å². The normalized spacial score (nSPS) is 10.1. The van der Waals surface area contributed by atoms with Gasteiger partial charge in [0.05, 0.1) is 0 Å². The highest BCUT2D eigenvalue weighted by atomic mass is 35.5. The van der Waals surface area contributed by atoms with E-state index in [2.05, 4.69) is 27.2 Å². The molecule has 1 aromatic heterocycles. The van der Waals surface area contributed by atoms with E-state index < -0.39 is 0 Å². The zero-order valence-electron chi connectivity index (χ0n) is 12.5. The first-order valence-electron chi connectivity index (χ1n) is 6.77. The Labute approximate surface area is 134 Å². The molecule has 0 unspecified atom stereocenters. The summed E-state index contributed by atoms with van der Waals surface area (Å²) >= 11 is 6.10. The van der Waals surface area contributed by atoms with Gasteiger partial charge in [0, 0.05) is 23.3 Å². The van der Waals surface area contributed by atoms with Crippen molar-refractivity contribution in [1.29, 1.82) is 0 Å². The molecule has 2 rings (SSSR count). The van der Waals surface area contributed by atoms with E-state index in [0.717, 1.165) is 11.3 Å². The van der Waals surface area contributed by atoms with Crippen LogP contribution < -0.4 is 10.6 Å². The Hall–Kier alpha value is -2.40. The number of aromatic nitrogens is 2. The lowest BCUT2D eigenvalue weighted by molar-refractivity contribution is 0.0952. The summed E-state index contributed by atoms with van der Waals surface area (Å²) < 4.78 is 0. The average molecular weight is 317 g/mol. The van der Waals surface area contributed by atoms with E-state index in [1.807, 2.05) is 25.1 Å². The van der Waals surface area contributed by atoms with Crippen molar-refractivity contribution in [2.75, 3.05) is 11.9 Å². The molecule has 2 N–H and O–H groups in total. The average Bonchev–Trinajstić information content (AvgIpc) is 2.48. The lowest BCUT2D eigenvalue weighted by Crippen LogP contribution is -2.24. The minimum Gasteiger partial charge on any atom is -0.347 e. The number of hydrogen-bond donors (Lipinski definition) is 2. The van der Waals surface area contributed by atoms with E-state index in [9.17, 15) is 4.79 Å². The summed E-state index contributed by atoms with van der Waals surface area (Å²) in [4.78, 5) is 20.4. The van der Waals surface area contributed by atoms with E-state index in [1.54, 1.807) is 19.1 Å². The lowest BCUT2D eigenvalue weighted by Gasteiger charge is -2.09. The van der Waals surface area contributed by atoms with Crippen molar-refractivity contribution in [2.45, 2.75) is 13.8 Å². The monoisotopic (exact) mass is 316 g/mol. The molecule has 0 fully saturated rings. The molecule has 0 aliphatic heterocycles. The van der Waals surface area contributed by atoms with Crippen molar-refractivity contribution < 1.29 is 4.79 Å². The third-order valence-corrected chi connectivity index (χ3v) is 3.33. The Morgan fingerprint density at radius 1 is 1.32 bits per heavy atom. The molecule has 1 aromatic carbocycles. The quantitative estimate of drug-likeness (QED) is 0.830. The number of nitrogens with one attached hydrogen (secondary N) is 2. The van der Waals surface area contributed by atoms with Gasteiger partial charge in [-0.3, -0.25) is 4.79 Å². The highest BCUT2D eigenvalue weighted by Crippen LogP contribution is 2.22. The Morgan fingerprint density at radius 2 is 2.09 bits per heavy atom. The van der Waals surface area contributed by atoms with Crippen LogP contribution in [-0.4, -0.2) is 22.4 Å². The standard InChI is InChI=1S/C16H17ClN4O/c1-4-7-18-16(22)14-9-15(20-11(3)19-14)21-12-6-5-10(2)13(17)8-12/h4-6,8-9H,1,7H2,2-3H3,(H,18,22)(H,19,20,21). The van der Waals surface area contributed by atoms with Crippen LogP contribution in [0.15, 0.2) is 36.9 Å². The van der Waals surface area contributed by atoms with E-state index in [-0.39, 0.29) is 5.91 Å². The second-order valence-corrected chi connectivity index (χ2v) is 5.18. The number of benzene rings is 1. The van der Waals surface area contributed by atoms with Crippen molar-refractivity contribution in [3.05, 3.63) is 59.0 Å². The molecule has 1 heterocycles. The summed E-state index contributed by atoms with van der Waals surface area (Å²) in [5.41, 5.74) is 2.09. The molecule has 0 bridgehead atoms. The van der Waals surface area contributed by atoms with E-state index in [0.29, 0.717) is 28.9 Å². The fraction of sp³-hybridized carbons (Fsp3) is 0.188. The molecule has 22 heavy (non-hydrogen) atoms. The Bertz CT molecular complexity index is 715. The van der Waals surface area contributed by atoms with Gasteiger partial charge >= 0.3 is 0 Å². The molecular weight excluding hydrogens is 300 g/mol. The van der Waals surface area contributed by atoms with E-state index in [1.165, 1.54) is 0 Å². The number of anilines is 2.